The SMILES string of the molecule is C.C.CC.CCOC=O.CCOC=O.OP(O)(O)=S.OP(O)(O)=S. The highest BCUT2D eigenvalue weighted by molar-refractivity contribution is 8.06. The molecule has 0 aromatic rings. The number of hydrogen-bond acceptors (Lipinski definition) is 6. The van der Waals surface area contributed by atoms with E-state index in [1.165, 1.54) is 0 Å². The third-order valence-electron chi connectivity index (χ3n) is 0.469. The van der Waals surface area contributed by atoms with E-state index in [-0.39, 0.29) is 14.9 Å². The second-order valence-corrected chi connectivity index (χ2v) is 7.12. The molecule has 154 valence electrons. The standard InChI is InChI=1S/2C3H6O2.C2H6.2CH4.2H3O3PS/c2*1-2-5-3-4;1-2;;;2*1-4(2,3)5/h2*3H,2H2,1H3;1-2H3;2*1H4;2*(H3,1,2,3,5). The summed E-state index contributed by atoms with van der Waals surface area (Å²) in [5, 5.41) is 0. The van der Waals surface area contributed by atoms with E-state index < -0.39 is 13.4 Å². The van der Waals surface area contributed by atoms with Gasteiger partial charge in [-0.25, -0.2) is 0 Å². The molecule has 0 aliphatic heterocycles. The molecule has 0 spiro atoms. The highest BCUT2D eigenvalue weighted by Gasteiger charge is 1.92. The summed E-state index contributed by atoms with van der Waals surface area (Å²) < 4.78 is 8.31. The first-order valence-electron chi connectivity index (χ1n) is 5.50. The smallest absolute Gasteiger partial charge is 0.319 e. The Morgan fingerprint density at radius 3 is 0.875 bits per heavy atom. The Labute approximate surface area is 154 Å². The summed E-state index contributed by atoms with van der Waals surface area (Å²) in [6.07, 6.45) is 0. The maximum absolute atomic E-state index is 9.18. The Hall–Kier alpha value is -0.000000000000000305. The van der Waals surface area contributed by atoms with E-state index in [0.29, 0.717) is 26.2 Å². The van der Waals surface area contributed by atoms with Crippen LogP contribution >= 0.6 is 13.4 Å². The van der Waals surface area contributed by atoms with Gasteiger partial charge >= 0.3 is 13.4 Å². The van der Waals surface area contributed by atoms with E-state index in [1.54, 1.807) is 13.8 Å². The van der Waals surface area contributed by atoms with E-state index in [9.17, 15) is 9.59 Å². The minimum Gasteiger partial charge on any atom is -0.468 e. The average molecular weight is 438 g/mol. The summed E-state index contributed by atoms with van der Waals surface area (Å²) >= 11 is 7.21. The van der Waals surface area contributed by atoms with Crippen molar-refractivity contribution < 1.29 is 48.4 Å². The summed E-state index contributed by atoms with van der Waals surface area (Å²) in [6, 6.07) is 0. The van der Waals surface area contributed by atoms with Gasteiger partial charge in [0.15, 0.2) is 0 Å². The lowest BCUT2D eigenvalue weighted by Crippen LogP contribution is -1.80. The van der Waals surface area contributed by atoms with Gasteiger partial charge in [0.25, 0.3) is 12.9 Å². The van der Waals surface area contributed by atoms with Crippen molar-refractivity contribution in [1.82, 2.24) is 0 Å². The third-order valence-corrected chi connectivity index (χ3v) is 0.469. The van der Waals surface area contributed by atoms with E-state index >= 15 is 0 Å². The fourth-order valence-corrected chi connectivity index (χ4v) is 0.136. The van der Waals surface area contributed by atoms with Crippen LogP contribution in [0.1, 0.15) is 42.5 Å². The molecule has 0 amide bonds. The lowest BCUT2D eigenvalue weighted by Gasteiger charge is -1.88. The van der Waals surface area contributed by atoms with Crippen LogP contribution in [0.3, 0.4) is 0 Å². The molecule has 0 aliphatic rings. The number of carbonyl (C=O) groups is 2. The first kappa shape index (κ1) is 43.9. The normalized spacial score (nSPS) is 7.92. The highest BCUT2D eigenvalue weighted by Crippen LogP contribution is 2.26. The predicted molar refractivity (Wildman–Crippen MR) is 102 cm³/mol. The van der Waals surface area contributed by atoms with E-state index in [4.69, 9.17) is 29.4 Å². The molecule has 24 heavy (non-hydrogen) atoms. The molecule has 0 saturated carbocycles. The summed E-state index contributed by atoms with van der Waals surface area (Å²) in [5.74, 6) is 0. The Balaban J connectivity index is -0.0000000302. The van der Waals surface area contributed by atoms with E-state index in [2.05, 4.69) is 33.1 Å². The van der Waals surface area contributed by atoms with Gasteiger partial charge in [-0.3, -0.25) is 9.59 Å². The van der Waals surface area contributed by atoms with Crippen molar-refractivity contribution in [1.29, 1.82) is 0 Å². The second kappa shape index (κ2) is 34.4. The van der Waals surface area contributed by atoms with Gasteiger partial charge in [-0.1, -0.05) is 28.7 Å². The molecular formula is C10H32O10P2S2. The van der Waals surface area contributed by atoms with Crippen molar-refractivity contribution in [2.45, 2.75) is 42.5 Å². The molecule has 0 aliphatic carbocycles. The van der Waals surface area contributed by atoms with Crippen molar-refractivity contribution >= 4 is 50.0 Å². The summed E-state index contributed by atoms with van der Waals surface area (Å²) in [6.45, 7) is 1.72. The molecule has 6 N–H and O–H groups in total. The monoisotopic (exact) mass is 438 g/mol. The minimum atomic E-state index is -3.81. The van der Waals surface area contributed by atoms with Crippen LogP contribution in [0.2, 0.25) is 0 Å². The zero-order chi connectivity index (χ0) is 19.2. The first-order valence-corrected chi connectivity index (χ1v) is 10.8. The molecule has 10 nitrogen and oxygen atoms in total. The molecule has 0 bridgehead atoms. The Bertz CT molecular complexity index is 259. The summed E-state index contributed by atoms with van der Waals surface area (Å²) in [7, 11) is 0. The van der Waals surface area contributed by atoms with Gasteiger partial charge in [0.1, 0.15) is 0 Å². The van der Waals surface area contributed by atoms with Gasteiger partial charge in [0.05, 0.1) is 13.2 Å². The fourth-order valence-electron chi connectivity index (χ4n) is 0.136. The Kier molecular flexibility index (Phi) is 62.9. The first-order chi connectivity index (χ1) is 9.83. The van der Waals surface area contributed by atoms with Gasteiger partial charge in [0.2, 0.25) is 0 Å². The van der Waals surface area contributed by atoms with E-state index in [1.807, 2.05) is 13.8 Å². The maximum atomic E-state index is 9.18. The molecule has 0 aromatic heterocycles. The van der Waals surface area contributed by atoms with Crippen molar-refractivity contribution in [3.8, 4) is 0 Å². The molecule has 0 heterocycles. The quantitative estimate of drug-likeness (QED) is 0.272. The molecule has 0 atom stereocenters. The van der Waals surface area contributed by atoms with Crippen molar-refractivity contribution in [2.75, 3.05) is 13.2 Å². The lowest BCUT2D eigenvalue weighted by atomic mass is 10.9. The predicted octanol–water partition coefficient (Wildman–Crippen LogP) is 1.03. The molecule has 0 aromatic carbocycles. The molecule has 0 rings (SSSR count). The third kappa shape index (κ3) is 606. The minimum absolute atomic E-state index is 0. The van der Waals surface area contributed by atoms with Crippen LogP contribution in [0.4, 0.5) is 0 Å². The largest absolute Gasteiger partial charge is 0.468 e. The molecule has 0 saturated heterocycles. The molecule has 0 fully saturated rings. The zero-order valence-electron chi connectivity index (χ0n) is 12.6. The van der Waals surface area contributed by atoms with Gasteiger partial charge < -0.3 is 38.8 Å². The number of hydrogen-bond donors (Lipinski definition) is 6. The van der Waals surface area contributed by atoms with Crippen LogP contribution in [-0.4, -0.2) is 55.5 Å². The second-order valence-electron chi connectivity index (χ2n) is 2.13. The summed E-state index contributed by atoms with van der Waals surface area (Å²) in [4.78, 5) is 63.7. The number of ether oxygens (including phenoxy) is 2. The molecular weight excluding hydrogens is 406 g/mol. The highest BCUT2D eigenvalue weighted by atomic mass is 32.5. The zero-order valence-corrected chi connectivity index (χ0v) is 16.0. The lowest BCUT2D eigenvalue weighted by molar-refractivity contribution is -0.129. The van der Waals surface area contributed by atoms with Gasteiger partial charge in [-0.05, 0) is 37.5 Å². The van der Waals surface area contributed by atoms with E-state index in [0.717, 1.165) is 0 Å². The van der Waals surface area contributed by atoms with Crippen molar-refractivity contribution in [2.24, 2.45) is 0 Å². The Morgan fingerprint density at radius 2 is 0.875 bits per heavy atom. The van der Waals surface area contributed by atoms with Crippen LogP contribution in [0.5, 0.6) is 0 Å². The molecule has 0 unspecified atom stereocenters. The topological polar surface area (TPSA) is 174 Å². The molecule has 0 radical (unpaired) electrons. The number of carbonyl (C=O) groups excluding carboxylic acids is 2. The molecule has 14 heteroatoms. The average Bonchev–Trinajstić information content (AvgIpc) is 2.30. The summed E-state index contributed by atoms with van der Waals surface area (Å²) in [5.41, 5.74) is 0. The van der Waals surface area contributed by atoms with Crippen molar-refractivity contribution in [3.63, 3.8) is 0 Å². The fraction of sp³-hybridized carbons (Fsp3) is 0.800. The number of rotatable bonds is 4. The van der Waals surface area contributed by atoms with Crippen LogP contribution in [0.15, 0.2) is 0 Å². The van der Waals surface area contributed by atoms with Gasteiger partial charge in [-0.2, -0.15) is 0 Å². The van der Waals surface area contributed by atoms with Crippen LogP contribution in [-0.2, 0) is 42.7 Å². The van der Waals surface area contributed by atoms with Gasteiger partial charge in [0, 0.05) is 0 Å². The van der Waals surface area contributed by atoms with Crippen LogP contribution in [0.25, 0.3) is 0 Å². The van der Waals surface area contributed by atoms with Gasteiger partial charge in [-0.15, -0.1) is 0 Å². The van der Waals surface area contributed by atoms with Crippen LogP contribution < -0.4 is 0 Å². The van der Waals surface area contributed by atoms with Crippen molar-refractivity contribution in [3.05, 3.63) is 0 Å². The Morgan fingerprint density at radius 1 is 0.750 bits per heavy atom. The maximum Gasteiger partial charge on any atom is 0.319 e. The van der Waals surface area contributed by atoms with Crippen LogP contribution in [0, 0.1) is 0 Å².